The molecule has 5 rings (SSSR count). The quantitative estimate of drug-likeness (QED) is 0.270. The van der Waals surface area contributed by atoms with Crippen LogP contribution in [-0.4, -0.2) is 27.1 Å². The van der Waals surface area contributed by atoms with E-state index in [-0.39, 0.29) is 12.2 Å². The number of ether oxygens (including phenoxy) is 1. The monoisotopic (exact) mass is 538 g/mol. The molecular formula is C25H22N4O4S3. The highest BCUT2D eigenvalue weighted by Crippen LogP contribution is 2.33. The third-order valence-corrected chi connectivity index (χ3v) is 8.05. The number of rotatable bonds is 6. The van der Waals surface area contributed by atoms with Crippen LogP contribution in [0.3, 0.4) is 0 Å². The summed E-state index contributed by atoms with van der Waals surface area (Å²) >= 11 is 4.06. The fourth-order valence-corrected chi connectivity index (χ4v) is 6.62. The van der Waals surface area contributed by atoms with Crippen molar-refractivity contribution in [3.05, 3.63) is 88.7 Å². The highest BCUT2D eigenvalue weighted by Gasteiger charge is 2.33. The molecule has 0 aliphatic carbocycles. The second-order valence-electron chi connectivity index (χ2n) is 8.01. The van der Waals surface area contributed by atoms with Crippen LogP contribution in [0.4, 0.5) is 0 Å². The molecule has 8 nitrogen and oxygen atoms in total. The van der Waals surface area contributed by atoms with E-state index in [0.717, 1.165) is 16.3 Å². The van der Waals surface area contributed by atoms with Crippen molar-refractivity contribution in [2.75, 3.05) is 6.61 Å². The van der Waals surface area contributed by atoms with E-state index in [1.54, 1.807) is 30.6 Å². The summed E-state index contributed by atoms with van der Waals surface area (Å²) in [6.07, 6.45) is 1.70. The van der Waals surface area contributed by atoms with Crippen molar-refractivity contribution in [3.8, 4) is 0 Å². The van der Waals surface area contributed by atoms with E-state index < -0.39 is 12.0 Å². The van der Waals surface area contributed by atoms with E-state index in [4.69, 9.17) is 9.15 Å². The summed E-state index contributed by atoms with van der Waals surface area (Å²) in [5, 5.41) is 3.15. The number of aromatic nitrogens is 3. The summed E-state index contributed by atoms with van der Waals surface area (Å²) in [6, 6.07) is 8.76. The molecule has 0 aromatic carbocycles. The van der Waals surface area contributed by atoms with Crippen molar-refractivity contribution in [2.24, 2.45) is 4.99 Å². The maximum atomic E-state index is 13.6. The Balaban J connectivity index is 1.54. The molecule has 0 fully saturated rings. The number of aryl methyl sites for hydroxylation is 2. The van der Waals surface area contributed by atoms with Gasteiger partial charge in [0.25, 0.3) is 5.56 Å². The summed E-state index contributed by atoms with van der Waals surface area (Å²) in [7, 11) is 0. The molecule has 184 valence electrons. The molecule has 1 aliphatic rings. The molecule has 0 saturated heterocycles. The molecule has 5 heterocycles. The molecule has 0 radical (unpaired) electrons. The van der Waals surface area contributed by atoms with Crippen LogP contribution in [0.2, 0.25) is 0 Å². The number of allylic oxidation sites excluding steroid dienone is 1. The van der Waals surface area contributed by atoms with Crippen molar-refractivity contribution in [1.29, 1.82) is 0 Å². The number of esters is 1. The number of hydrogen-bond acceptors (Lipinski definition) is 10. The number of thiophene rings is 1. The lowest BCUT2D eigenvalue weighted by Crippen LogP contribution is -2.39. The van der Waals surface area contributed by atoms with E-state index in [0.29, 0.717) is 36.6 Å². The van der Waals surface area contributed by atoms with Gasteiger partial charge in [0.15, 0.2) is 15.1 Å². The Morgan fingerprint density at radius 1 is 1.22 bits per heavy atom. The Morgan fingerprint density at radius 3 is 2.69 bits per heavy atom. The largest absolute Gasteiger partial charge is 0.463 e. The molecule has 0 unspecified atom stereocenters. The zero-order valence-electron chi connectivity index (χ0n) is 20.0. The summed E-state index contributed by atoms with van der Waals surface area (Å²) in [4.78, 5) is 41.3. The Kier molecular flexibility index (Phi) is 6.78. The van der Waals surface area contributed by atoms with E-state index in [1.807, 2.05) is 43.5 Å². The van der Waals surface area contributed by atoms with Crippen molar-refractivity contribution in [3.63, 3.8) is 0 Å². The third kappa shape index (κ3) is 4.73. The lowest BCUT2D eigenvalue weighted by molar-refractivity contribution is -0.139. The van der Waals surface area contributed by atoms with Gasteiger partial charge in [-0.2, -0.15) is 0 Å². The number of fused-ring (bicyclic) bond motifs is 1. The normalized spacial score (nSPS) is 15.7. The van der Waals surface area contributed by atoms with Gasteiger partial charge in [-0.05, 0) is 69.1 Å². The molecule has 0 bridgehead atoms. The van der Waals surface area contributed by atoms with Gasteiger partial charge in [0.1, 0.15) is 11.8 Å². The Morgan fingerprint density at radius 2 is 2.00 bits per heavy atom. The predicted octanol–water partition coefficient (Wildman–Crippen LogP) is 4.01. The zero-order chi connectivity index (χ0) is 25.4. The molecular weight excluding hydrogens is 517 g/mol. The van der Waals surface area contributed by atoms with Crippen LogP contribution in [0.1, 0.15) is 41.9 Å². The lowest BCUT2D eigenvalue weighted by atomic mass is 10.0. The summed E-state index contributed by atoms with van der Waals surface area (Å²) in [6.45, 7) is 7.61. The van der Waals surface area contributed by atoms with Gasteiger partial charge in [0.2, 0.25) is 0 Å². The van der Waals surface area contributed by atoms with Gasteiger partial charge in [-0.25, -0.2) is 19.8 Å². The first-order chi connectivity index (χ1) is 17.3. The molecule has 1 aliphatic heterocycles. The molecule has 0 N–H and O–H groups in total. The van der Waals surface area contributed by atoms with Gasteiger partial charge in [-0.3, -0.25) is 9.36 Å². The van der Waals surface area contributed by atoms with Crippen LogP contribution in [0.25, 0.3) is 6.08 Å². The number of carbonyl (C=O) groups is 1. The molecule has 0 spiro atoms. The average molecular weight is 539 g/mol. The fraction of sp³-hybridized carbons (Fsp3) is 0.240. The van der Waals surface area contributed by atoms with Gasteiger partial charge >= 0.3 is 5.97 Å². The summed E-state index contributed by atoms with van der Waals surface area (Å²) in [5.74, 6) is 0.0638. The Labute approximate surface area is 218 Å². The highest BCUT2D eigenvalue weighted by atomic mass is 32.2. The van der Waals surface area contributed by atoms with Gasteiger partial charge in [0.05, 0.1) is 22.4 Å². The van der Waals surface area contributed by atoms with E-state index in [1.165, 1.54) is 34.4 Å². The third-order valence-electron chi connectivity index (χ3n) is 5.36. The fourth-order valence-electron chi connectivity index (χ4n) is 3.93. The molecule has 36 heavy (non-hydrogen) atoms. The van der Waals surface area contributed by atoms with Crippen molar-refractivity contribution >= 4 is 46.5 Å². The number of carbonyl (C=O) groups excluding carboxylic acids is 1. The number of nitrogens with zero attached hydrogens (tertiary/aromatic N) is 4. The van der Waals surface area contributed by atoms with E-state index in [9.17, 15) is 9.59 Å². The predicted molar refractivity (Wildman–Crippen MR) is 139 cm³/mol. The molecule has 11 heteroatoms. The highest BCUT2D eigenvalue weighted by molar-refractivity contribution is 7.99. The first kappa shape index (κ1) is 24.4. The Hall–Kier alpha value is -3.28. The minimum absolute atomic E-state index is 0.239. The number of thiazole rings is 1. The van der Waals surface area contributed by atoms with E-state index in [2.05, 4.69) is 15.0 Å². The van der Waals surface area contributed by atoms with Crippen LogP contribution in [-0.2, 0) is 9.53 Å². The van der Waals surface area contributed by atoms with Crippen LogP contribution >= 0.6 is 34.4 Å². The Bertz CT molecular complexity index is 1640. The first-order valence-electron chi connectivity index (χ1n) is 11.2. The summed E-state index contributed by atoms with van der Waals surface area (Å²) < 4.78 is 13.3. The maximum absolute atomic E-state index is 13.6. The zero-order valence-corrected chi connectivity index (χ0v) is 22.4. The minimum Gasteiger partial charge on any atom is -0.463 e. The second kappa shape index (κ2) is 10.00. The van der Waals surface area contributed by atoms with Crippen LogP contribution < -0.4 is 14.9 Å². The lowest BCUT2D eigenvalue weighted by Gasteiger charge is -2.23. The second-order valence-corrected chi connectivity index (χ2v) is 11.0. The average Bonchev–Trinajstić information content (AvgIpc) is 3.55. The smallest absolute Gasteiger partial charge is 0.338 e. The van der Waals surface area contributed by atoms with Crippen LogP contribution in [0.15, 0.2) is 71.4 Å². The van der Waals surface area contributed by atoms with Gasteiger partial charge in [-0.1, -0.05) is 17.4 Å². The van der Waals surface area contributed by atoms with E-state index >= 15 is 0 Å². The van der Waals surface area contributed by atoms with Crippen molar-refractivity contribution in [1.82, 2.24) is 14.5 Å². The standard InChI is InChI=1S/C25H22N4O4S3/c1-5-32-23(31)20-15(4)28-25-29(21(20)17-7-6-10-34-17)22(30)18(35-25)12-16-8-9-19(33-16)36-24-26-13(2)11-14(3)27-24/h6-12,21H,5H2,1-4H3/b18-12+/t21-/m0/s1. The minimum atomic E-state index is -0.591. The molecule has 0 saturated carbocycles. The molecule has 4 aromatic rings. The topological polar surface area (TPSA) is 99.6 Å². The molecule has 4 aromatic heterocycles. The van der Waals surface area contributed by atoms with Crippen molar-refractivity contribution < 1.29 is 13.9 Å². The SMILES string of the molecule is CCOC(=O)C1=C(C)N=c2s/c(=C/c3ccc(Sc4nc(C)cc(C)n4)o3)c(=O)n2[C@H]1c1cccs1. The van der Waals surface area contributed by atoms with Crippen LogP contribution in [0, 0.1) is 13.8 Å². The molecule has 1 atom stereocenters. The van der Waals surface area contributed by atoms with Crippen molar-refractivity contribution in [2.45, 2.75) is 44.0 Å². The van der Waals surface area contributed by atoms with Crippen LogP contribution in [0.5, 0.6) is 0 Å². The number of hydrogen-bond donors (Lipinski definition) is 0. The number of furan rings is 1. The van der Waals surface area contributed by atoms with Gasteiger partial charge in [-0.15, -0.1) is 11.3 Å². The summed E-state index contributed by atoms with van der Waals surface area (Å²) in [5.41, 5.74) is 2.45. The first-order valence-corrected chi connectivity index (χ1v) is 13.7. The maximum Gasteiger partial charge on any atom is 0.338 e. The van der Waals surface area contributed by atoms with Gasteiger partial charge in [0, 0.05) is 22.3 Å². The molecule has 0 amide bonds. The van der Waals surface area contributed by atoms with Gasteiger partial charge < -0.3 is 9.15 Å².